The Balaban J connectivity index is 2.10. The van der Waals surface area contributed by atoms with Crippen LogP contribution >= 0.6 is 0 Å². The zero-order valence-electron chi connectivity index (χ0n) is 12.5. The molecule has 0 bridgehead atoms. The van der Waals surface area contributed by atoms with E-state index in [1.54, 1.807) is 6.07 Å². The number of nitrogen functional groups attached to an aromatic ring is 1. The predicted molar refractivity (Wildman–Crippen MR) is 79.7 cm³/mol. The number of hydrogen-bond acceptors (Lipinski definition) is 3. The monoisotopic (exact) mass is 279 g/mol. The smallest absolute Gasteiger partial charge is 0.270 e. The molecule has 0 radical (unpaired) electrons. The van der Waals surface area contributed by atoms with E-state index in [9.17, 15) is 4.79 Å². The van der Waals surface area contributed by atoms with Crippen LogP contribution in [0.5, 0.6) is 0 Å². The lowest BCUT2D eigenvalue weighted by Gasteiger charge is -2.24. The first kappa shape index (κ1) is 14.9. The number of aryl methyl sites for hydroxylation is 1. The number of likely N-dealkylation sites (N-methyl/N-ethyl adjacent to an activating group) is 1. The molecule has 1 aromatic heterocycles. The third kappa shape index (κ3) is 3.33. The molecule has 2 heterocycles. The van der Waals surface area contributed by atoms with Crippen molar-refractivity contribution in [2.75, 3.05) is 25.4 Å². The topological polar surface area (TPSA) is 60.5 Å². The van der Waals surface area contributed by atoms with Gasteiger partial charge in [0.2, 0.25) is 0 Å². The standard InChI is InChI=1S/C15H25N3O2/c1-3-7-18-10-12(16)9-14(18)15(19)17(4-2)11-13-6-5-8-20-13/h9-10,13H,3-8,11,16H2,1-2H3. The van der Waals surface area contributed by atoms with Crippen LogP contribution in [0.15, 0.2) is 12.3 Å². The molecular weight excluding hydrogens is 254 g/mol. The molecule has 1 atom stereocenters. The van der Waals surface area contributed by atoms with Crippen molar-refractivity contribution in [2.24, 2.45) is 0 Å². The van der Waals surface area contributed by atoms with Crippen molar-refractivity contribution in [2.45, 2.75) is 45.8 Å². The summed E-state index contributed by atoms with van der Waals surface area (Å²) in [4.78, 5) is 14.5. The van der Waals surface area contributed by atoms with Crippen LogP contribution in [0.1, 0.15) is 43.6 Å². The van der Waals surface area contributed by atoms with Gasteiger partial charge in [0, 0.05) is 32.4 Å². The Labute approximate surface area is 120 Å². The van der Waals surface area contributed by atoms with Crippen LogP contribution in [0, 0.1) is 0 Å². The van der Waals surface area contributed by atoms with E-state index in [-0.39, 0.29) is 12.0 Å². The van der Waals surface area contributed by atoms with Crippen LogP contribution in [-0.4, -0.2) is 41.2 Å². The third-order valence-corrected chi connectivity index (χ3v) is 3.72. The van der Waals surface area contributed by atoms with Crippen LogP contribution in [0.2, 0.25) is 0 Å². The van der Waals surface area contributed by atoms with Gasteiger partial charge < -0.3 is 19.9 Å². The van der Waals surface area contributed by atoms with Crippen LogP contribution in [0.25, 0.3) is 0 Å². The summed E-state index contributed by atoms with van der Waals surface area (Å²) in [5, 5.41) is 0. The van der Waals surface area contributed by atoms with Crippen LogP contribution < -0.4 is 5.73 Å². The Kier molecular flexibility index (Phi) is 5.06. The average Bonchev–Trinajstić information content (AvgIpc) is 3.05. The van der Waals surface area contributed by atoms with E-state index < -0.39 is 0 Å². The molecule has 0 aliphatic carbocycles. The maximum absolute atomic E-state index is 12.7. The summed E-state index contributed by atoms with van der Waals surface area (Å²) in [5.41, 5.74) is 7.17. The molecule has 2 rings (SSSR count). The summed E-state index contributed by atoms with van der Waals surface area (Å²) in [6.45, 7) is 7.09. The number of carbonyl (C=O) groups excluding carboxylic acids is 1. The van der Waals surface area contributed by atoms with E-state index in [1.165, 1.54) is 0 Å². The maximum Gasteiger partial charge on any atom is 0.270 e. The number of rotatable bonds is 6. The highest BCUT2D eigenvalue weighted by molar-refractivity contribution is 5.93. The minimum Gasteiger partial charge on any atom is -0.397 e. The van der Waals surface area contributed by atoms with Gasteiger partial charge in [-0.2, -0.15) is 0 Å². The number of amides is 1. The summed E-state index contributed by atoms with van der Waals surface area (Å²) in [6.07, 6.45) is 5.14. The van der Waals surface area contributed by atoms with Crippen molar-refractivity contribution in [1.29, 1.82) is 0 Å². The molecule has 1 aliphatic heterocycles. The zero-order chi connectivity index (χ0) is 14.5. The SMILES string of the molecule is CCCn1cc(N)cc1C(=O)N(CC)CC1CCCO1. The number of ether oxygens (including phenoxy) is 1. The number of aromatic nitrogens is 1. The highest BCUT2D eigenvalue weighted by Crippen LogP contribution is 2.17. The molecule has 20 heavy (non-hydrogen) atoms. The van der Waals surface area contributed by atoms with Gasteiger partial charge in [0.05, 0.1) is 11.8 Å². The highest BCUT2D eigenvalue weighted by Gasteiger charge is 2.24. The van der Waals surface area contributed by atoms with Crippen LogP contribution in [0.3, 0.4) is 0 Å². The molecule has 1 unspecified atom stereocenters. The van der Waals surface area contributed by atoms with Gasteiger partial charge in [0.15, 0.2) is 0 Å². The number of hydrogen-bond donors (Lipinski definition) is 1. The summed E-state index contributed by atoms with van der Waals surface area (Å²) < 4.78 is 7.58. The quantitative estimate of drug-likeness (QED) is 0.867. The highest BCUT2D eigenvalue weighted by atomic mass is 16.5. The summed E-state index contributed by atoms with van der Waals surface area (Å²) >= 11 is 0. The Morgan fingerprint density at radius 3 is 2.95 bits per heavy atom. The molecule has 5 nitrogen and oxygen atoms in total. The van der Waals surface area contributed by atoms with Crippen molar-refractivity contribution >= 4 is 11.6 Å². The largest absolute Gasteiger partial charge is 0.397 e. The van der Waals surface area contributed by atoms with Crippen LogP contribution in [0.4, 0.5) is 5.69 Å². The molecular formula is C15H25N3O2. The fourth-order valence-electron chi connectivity index (χ4n) is 2.69. The third-order valence-electron chi connectivity index (χ3n) is 3.72. The van der Waals surface area contributed by atoms with E-state index in [2.05, 4.69) is 6.92 Å². The molecule has 0 spiro atoms. The lowest BCUT2D eigenvalue weighted by Crippen LogP contribution is -2.38. The number of anilines is 1. The first-order chi connectivity index (χ1) is 9.65. The minimum atomic E-state index is 0.0492. The molecule has 1 aliphatic rings. The normalized spacial score (nSPS) is 18.4. The zero-order valence-corrected chi connectivity index (χ0v) is 12.5. The van der Waals surface area contributed by atoms with E-state index in [0.717, 1.165) is 32.4 Å². The second kappa shape index (κ2) is 6.79. The number of nitrogens with two attached hydrogens (primary N) is 1. The Morgan fingerprint density at radius 1 is 1.55 bits per heavy atom. The number of carbonyl (C=O) groups is 1. The fourth-order valence-corrected chi connectivity index (χ4v) is 2.69. The Hall–Kier alpha value is -1.49. The van der Waals surface area contributed by atoms with Gasteiger partial charge in [-0.05, 0) is 32.3 Å². The minimum absolute atomic E-state index is 0.0492. The van der Waals surface area contributed by atoms with Gasteiger partial charge >= 0.3 is 0 Å². The molecule has 1 amide bonds. The molecule has 1 aromatic rings. The van der Waals surface area contributed by atoms with Crippen molar-refractivity contribution in [3.8, 4) is 0 Å². The van der Waals surface area contributed by atoms with E-state index in [0.29, 0.717) is 24.5 Å². The molecule has 1 fully saturated rings. The van der Waals surface area contributed by atoms with Crippen molar-refractivity contribution in [3.63, 3.8) is 0 Å². The first-order valence-electron chi connectivity index (χ1n) is 7.52. The molecule has 0 aromatic carbocycles. The Bertz CT molecular complexity index is 450. The van der Waals surface area contributed by atoms with Gasteiger partial charge in [-0.15, -0.1) is 0 Å². The first-order valence-corrected chi connectivity index (χ1v) is 7.52. The fraction of sp³-hybridized carbons (Fsp3) is 0.667. The van der Waals surface area contributed by atoms with Gasteiger partial charge in [0.1, 0.15) is 5.69 Å². The van der Waals surface area contributed by atoms with Gasteiger partial charge in [-0.25, -0.2) is 0 Å². The lowest BCUT2D eigenvalue weighted by atomic mass is 10.2. The second-order valence-corrected chi connectivity index (χ2v) is 5.33. The molecule has 2 N–H and O–H groups in total. The second-order valence-electron chi connectivity index (χ2n) is 5.33. The van der Waals surface area contributed by atoms with Crippen molar-refractivity contribution in [1.82, 2.24) is 9.47 Å². The van der Waals surface area contributed by atoms with Crippen molar-refractivity contribution < 1.29 is 9.53 Å². The molecule has 5 heteroatoms. The van der Waals surface area contributed by atoms with E-state index in [1.807, 2.05) is 22.6 Å². The molecule has 112 valence electrons. The van der Waals surface area contributed by atoms with Gasteiger partial charge in [-0.1, -0.05) is 6.92 Å². The average molecular weight is 279 g/mol. The molecule has 0 saturated carbocycles. The maximum atomic E-state index is 12.7. The summed E-state index contributed by atoms with van der Waals surface area (Å²) in [6, 6.07) is 1.77. The van der Waals surface area contributed by atoms with Crippen LogP contribution in [-0.2, 0) is 11.3 Å². The lowest BCUT2D eigenvalue weighted by molar-refractivity contribution is 0.0531. The van der Waals surface area contributed by atoms with Gasteiger partial charge in [0.25, 0.3) is 5.91 Å². The Morgan fingerprint density at radius 2 is 2.35 bits per heavy atom. The van der Waals surface area contributed by atoms with E-state index in [4.69, 9.17) is 10.5 Å². The predicted octanol–water partition coefficient (Wildman–Crippen LogP) is 2.12. The summed E-state index contributed by atoms with van der Waals surface area (Å²) in [5.74, 6) is 0.0492. The van der Waals surface area contributed by atoms with E-state index >= 15 is 0 Å². The van der Waals surface area contributed by atoms with Crippen molar-refractivity contribution in [3.05, 3.63) is 18.0 Å². The number of nitrogens with zero attached hydrogens (tertiary/aromatic N) is 2. The van der Waals surface area contributed by atoms with Gasteiger partial charge in [-0.3, -0.25) is 4.79 Å². The molecule has 1 saturated heterocycles. The summed E-state index contributed by atoms with van der Waals surface area (Å²) in [7, 11) is 0.